The quantitative estimate of drug-likeness (QED) is 0.783. The van der Waals surface area contributed by atoms with Gasteiger partial charge in [-0.2, -0.15) is 9.97 Å². The third-order valence-electron chi connectivity index (χ3n) is 4.99. The van der Waals surface area contributed by atoms with Crippen molar-refractivity contribution in [3.05, 3.63) is 6.33 Å². The van der Waals surface area contributed by atoms with E-state index in [0.717, 1.165) is 25.7 Å². The summed E-state index contributed by atoms with van der Waals surface area (Å²) >= 11 is 0. The van der Waals surface area contributed by atoms with Crippen LogP contribution in [0.4, 0.5) is 11.8 Å². The zero-order chi connectivity index (χ0) is 16.5. The number of hydrogen-bond donors (Lipinski definition) is 3. The molecule has 1 aliphatic carbocycles. The Kier molecular flexibility index (Phi) is 4.24. The van der Waals surface area contributed by atoms with Crippen LogP contribution in [0.25, 0.3) is 11.2 Å². The summed E-state index contributed by atoms with van der Waals surface area (Å²) in [6.45, 7) is 0.0364. The van der Waals surface area contributed by atoms with Gasteiger partial charge in [0, 0.05) is 6.04 Å². The van der Waals surface area contributed by atoms with Crippen molar-refractivity contribution in [2.45, 2.75) is 63.3 Å². The Hall–Kier alpha value is -1.93. The SMILES string of the molecule is Nc1nc(NC2CCCCC2)nc2c1ncn2C1CCC(CO)O1. The number of aliphatic hydroxyl groups excluding tert-OH is 1. The molecule has 3 heterocycles. The van der Waals surface area contributed by atoms with Crippen LogP contribution in [0.2, 0.25) is 0 Å². The number of nitrogens with zero attached hydrogens (tertiary/aromatic N) is 4. The number of anilines is 2. The number of hydrogen-bond acceptors (Lipinski definition) is 7. The molecule has 8 nitrogen and oxygen atoms in total. The van der Waals surface area contributed by atoms with Crippen molar-refractivity contribution in [1.82, 2.24) is 19.5 Å². The van der Waals surface area contributed by atoms with Gasteiger partial charge >= 0.3 is 0 Å². The first-order valence-electron chi connectivity index (χ1n) is 8.77. The molecule has 8 heteroatoms. The average Bonchev–Trinajstić information content (AvgIpc) is 3.22. The fourth-order valence-corrected chi connectivity index (χ4v) is 3.67. The van der Waals surface area contributed by atoms with E-state index in [2.05, 4.69) is 20.3 Å². The number of aromatic nitrogens is 4. The summed E-state index contributed by atoms with van der Waals surface area (Å²) in [7, 11) is 0. The van der Waals surface area contributed by atoms with Crippen molar-refractivity contribution in [2.75, 3.05) is 17.7 Å². The van der Waals surface area contributed by atoms with Gasteiger partial charge in [-0.3, -0.25) is 4.57 Å². The van der Waals surface area contributed by atoms with Crippen LogP contribution in [-0.2, 0) is 4.74 Å². The highest BCUT2D eigenvalue weighted by Gasteiger charge is 2.28. The molecule has 2 aromatic heterocycles. The Bertz CT molecular complexity index is 712. The zero-order valence-corrected chi connectivity index (χ0v) is 13.7. The van der Waals surface area contributed by atoms with E-state index in [0.29, 0.717) is 29.0 Å². The number of fused-ring (bicyclic) bond motifs is 1. The summed E-state index contributed by atoms with van der Waals surface area (Å²) in [5.41, 5.74) is 7.36. The minimum atomic E-state index is -0.163. The summed E-state index contributed by atoms with van der Waals surface area (Å²) in [6, 6.07) is 0.411. The molecule has 0 amide bonds. The second-order valence-electron chi connectivity index (χ2n) is 6.71. The van der Waals surface area contributed by atoms with Gasteiger partial charge in [-0.05, 0) is 25.7 Å². The van der Waals surface area contributed by atoms with E-state index in [-0.39, 0.29) is 18.9 Å². The largest absolute Gasteiger partial charge is 0.394 e. The Labute approximate surface area is 140 Å². The van der Waals surface area contributed by atoms with Gasteiger partial charge in [0.2, 0.25) is 5.95 Å². The molecule has 0 radical (unpaired) electrons. The van der Waals surface area contributed by atoms with Gasteiger partial charge in [0.1, 0.15) is 11.7 Å². The molecule has 4 rings (SSSR count). The summed E-state index contributed by atoms with van der Waals surface area (Å²) in [5.74, 6) is 0.944. The molecule has 4 N–H and O–H groups in total. The summed E-state index contributed by atoms with van der Waals surface area (Å²) in [6.07, 6.45) is 9.14. The maximum atomic E-state index is 9.26. The van der Waals surface area contributed by atoms with Crippen LogP contribution in [0, 0.1) is 0 Å². The molecule has 1 aliphatic heterocycles. The van der Waals surface area contributed by atoms with E-state index in [1.54, 1.807) is 6.33 Å². The number of nitrogen functional groups attached to an aromatic ring is 1. The van der Waals surface area contributed by atoms with Crippen molar-refractivity contribution < 1.29 is 9.84 Å². The van der Waals surface area contributed by atoms with Crippen LogP contribution in [0.1, 0.15) is 51.2 Å². The van der Waals surface area contributed by atoms with Gasteiger partial charge in [-0.15, -0.1) is 0 Å². The summed E-state index contributed by atoms with van der Waals surface area (Å²) in [4.78, 5) is 13.4. The highest BCUT2D eigenvalue weighted by molar-refractivity contribution is 5.82. The molecule has 2 atom stereocenters. The summed E-state index contributed by atoms with van der Waals surface area (Å²) < 4.78 is 7.74. The first kappa shape index (κ1) is 15.6. The van der Waals surface area contributed by atoms with Crippen LogP contribution in [0.3, 0.4) is 0 Å². The van der Waals surface area contributed by atoms with E-state index in [1.807, 2.05) is 4.57 Å². The molecule has 2 aromatic rings. The molecular formula is C16H24N6O2. The fraction of sp³-hybridized carbons (Fsp3) is 0.688. The van der Waals surface area contributed by atoms with Crippen LogP contribution in [0.15, 0.2) is 6.33 Å². The molecule has 1 saturated carbocycles. The maximum absolute atomic E-state index is 9.26. The van der Waals surface area contributed by atoms with E-state index < -0.39 is 0 Å². The van der Waals surface area contributed by atoms with Crippen LogP contribution in [-0.4, -0.2) is 43.4 Å². The smallest absolute Gasteiger partial charge is 0.226 e. The Morgan fingerprint density at radius 3 is 2.79 bits per heavy atom. The molecule has 130 valence electrons. The van der Waals surface area contributed by atoms with E-state index in [9.17, 15) is 5.11 Å². The Balaban J connectivity index is 1.62. The monoisotopic (exact) mass is 332 g/mol. The van der Waals surface area contributed by atoms with E-state index >= 15 is 0 Å². The number of rotatable bonds is 4. The molecule has 24 heavy (non-hydrogen) atoms. The standard InChI is InChI=1S/C16H24N6O2/c17-14-13-15(21-16(20-14)19-10-4-2-1-3-5-10)22(9-18-13)12-7-6-11(8-23)24-12/h9-12,23H,1-8H2,(H3,17,19,20,21). The molecule has 2 fully saturated rings. The first-order valence-corrected chi connectivity index (χ1v) is 8.77. The lowest BCUT2D eigenvalue weighted by molar-refractivity contribution is -0.0207. The fourth-order valence-electron chi connectivity index (χ4n) is 3.67. The average molecular weight is 332 g/mol. The summed E-state index contributed by atoms with van der Waals surface area (Å²) in [5, 5.41) is 12.7. The molecule has 0 bridgehead atoms. The molecule has 0 spiro atoms. The highest BCUT2D eigenvalue weighted by atomic mass is 16.5. The van der Waals surface area contributed by atoms with Gasteiger partial charge < -0.3 is 20.9 Å². The van der Waals surface area contributed by atoms with Gasteiger partial charge in [-0.1, -0.05) is 19.3 Å². The van der Waals surface area contributed by atoms with E-state index in [4.69, 9.17) is 10.5 Å². The van der Waals surface area contributed by atoms with Crippen LogP contribution >= 0.6 is 0 Å². The predicted molar refractivity (Wildman–Crippen MR) is 90.5 cm³/mol. The second kappa shape index (κ2) is 6.52. The van der Waals surface area contributed by atoms with Crippen molar-refractivity contribution in [3.8, 4) is 0 Å². The van der Waals surface area contributed by atoms with E-state index in [1.165, 1.54) is 19.3 Å². The van der Waals surface area contributed by atoms with Crippen LogP contribution < -0.4 is 11.1 Å². The second-order valence-corrected chi connectivity index (χ2v) is 6.71. The lowest BCUT2D eigenvalue weighted by atomic mass is 9.96. The predicted octanol–water partition coefficient (Wildman–Crippen LogP) is 1.82. The molecule has 2 unspecified atom stereocenters. The molecular weight excluding hydrogens is 308 g/mol. The van der Waals surface area contributed by atoms with Crippen LogP contribution in [0.5, 0.6) is 0 Å². The van der Waals surface area contributed by atoms with Crippen molar-refractivity contribution >= 4 is 22.9 Å². The maximum Gasteiger partial charge on any atom is 0.226 e. The Morgan fingerprint density at radius 2 is 2.04 bits per heavy atom. The zero-order valence-electron chi connectivity index (χ0n) is 13.7. The van der Waals surface area contributed by atoms with Gasteiger partial charge in [0.05, 0.1) is 19.0 Å². The van der Waals surface area contributed by atoms with Crippen molar-refractivity contribution in [1.29, 1.82) is 0 Å². The number of ether oxygens (including phenoxy) is 1. The number of nitrogens with one attached hydrogen (secondary N) is 1. The van der Waals surface area contributed by atoms with Crippen molar-refractivity contribution in [3.63, 3.8) is 0 Å². The molecule has 0 aromatic carbocycles. The molecule has 2 aliphatic rings. The Morgan fingerprint density at radius 1 is 1.21 bits per heavy atom. The van der Waals surface area contributed by atoms with Crippen molar-refractivity contribution in [2.24, 2.45) is 0 Å². The van der Waals surface area contributed by atoms with Gasteiger partial charge in [0.15, 0.2) is 11.5 Å². The minimum absolute atomic E-state index is 0.0364. The normalized spacial score (nSPS) is 25.4. The lowest BCUT2D eigenvalue weighted by Gasteiger charge is -2.22. The number of aliphatic hydroxyl groups is 1. The van der Waals surface area contributed by atoms with Gasteiger partial charge in [-0.25, -0.2) is 4.98 Å². The third-order valence-corrected chi connectivity index (χ3v) is 4.99. The first-order chi connectivity index (χ1) is 11.7. The number of nitrogens with two attached hydrogens (primary N) is 1. The number of imidazole rings is 1. The van der Waals surface area contributed by atoms with Gasteiger partial charge in [0.25, 0.3) is 0 Å². The molecule has 1 saturated heterocycles. The third kappa shape index (κ3) is 2.91. The highest BCUT2D eigenvalue weighted by Crippen LogP contribution is 2.31. The topological polar surface area (TPSA) is 111 Å². The minimum Gasteiger partial charge on any atom is -0.394 e. The lowest BCUT2D eigenvalue weighted by Crippen LogP contribution is -2.24.